The van der Waals surface area contributed by atoms with Crippen LogP contribution < -0.4 is 0 Å². The second-order valence-electron chi connectivity index (χ2n) is 5.33. The molecule has 0 aromatic heterocycles. The fourth-order valence-electron chi connectivity index (χ4n) is 2.81. The van der Waals surface area contributed by atoms with Gasteiger partial charge in [0.2, 0.25) is 0 Å². The molecule has 1 aromatic carbocycles. The minimum Gasteiger partial charge on any atom is -0.394 e. The first-order valence-electron chi connectivity index (χ1n) is 6.75. The van der Waals surface area contributed by atoms with E-state index < -0.39 is 0 Å². The van der Waals surface area contributed by atoms with Crippen molar-refractivity contribution in [1.82, 2.24) is 4.90 Å². The van der Waals surface area contributed by atoms with Gasteiger partial charge in [-0.1, -0.05) is 38.1 Å². The van der Waals surface area contributed by atoms with Crippen LogP contribution in [0.1, 0.15) is 42.2 Å². The van der Waals surface area contributed by atoms with Crippen molar-refractivity contribution in [3.05, 3.63) is 48.0 Å². The summed E-state index contributed by atoms with van der Waals surface area (Å²) in [5, 5.41) is 9.62. The summed E-state index contributed by atoms with van der Waals surface area (Å²) in [4.78, 5) is 14.4. The maximum atomic E-state index is 12.6. The Morgan fingerprint density at radius 3 is 2.68 bits per heavy atom. The Labute approximate surface area is 114 Å². The monoisotopic (exact) mass is 259 g/mol. The minimum atomic E-state index is -0.148. The Balaban J connectivity index is 2.44. The Bertz CT molecular complexity index is 481. The number of carbonyl (C=O) groups excluding carboxylic acids is 1. The van der Waals surface area contributed by atoms with Gasteiger partial charge in [0.1, 0.15) is 0 Å². The smallest absolute Gasteiger partial charge is 0.255 e. The SMILES string of the molecule is C=CCC1c2ccccc2C(=O)N1C(CO)C(C)C. The predicted octanol–water partition coefficient (Wildman–Crippen LogP) is 2.78. The Morgan fingerprint density at radius 1 is 1.42 bits per heavy atom. The molecule has 1 amide bonds. The van der Waals surface area contributed by atoms with Gasteiger partial charge >= 0.3 is 0 Å². The van der Waals surface area contributed by atoms with E-state index >= 15 is 0 Å². The molecule has 1 N–H and O–H groups in total. The lowest BCUT2D eigenvalue weighted by atomic mass is 9.99. The maximum Gasteiger partial charge on any atom is 0.255 e. The summed E-state index contributed by atoms with van der Waals surface area (Å²) in [6.07, 6.45) is 2.55. The summed E-state index contributed by atoms with van der Waals surface area (Å²) >= 11 is 0. The van der Waals surface area contributed by atoms with E-state index in [1.54, 1.807) is 0 Å². The second kappa shape index (κ2) is 5.57. The van der Waals surface area contributed by atoms with Crippen LogP contribution in [0.15, 0.2) is 36.9 Å². The van der Waals surface area contributed by atoms with Crippen molar-refractivity contribution in [2.75, 3.05) is 6.61 Å². The number of aliphatic hydroxyl groups is 1. The number of aliphatic hydroxyl groups excluding tert-OH is 1. The molecule has 102 valence electrons. The summed E-state index contributed by atoms with van der Waals surface area (Å²) < 4.78 is 0. The first-order valence-corrected chi connectivity index (χ1v) is 6.75. The summed E-state index contributed by atoms with van der Waals surface area (Å²) in [5.74, 6) is 0.241. The van der Waals surface area contributed by atoms with Crippen LogP contribution in [0.5, 0.6) is 0 Å². The average Bonchev–Trinajstić information content (AvgIpc) is 2.66. The minimum absolute atomic E-state index is 0.000694. The molecule has 1 aromatic rings. The topological polar surface area (TPSA) is 40.5 Å². The lowest BCUT2D eigenvalue weighted by Gasteiger charge is -2.34. The molecule has 1 aliphatic heterocycles. The van der Waals surface area contributed by atoms with Crippen molar-refractivity contribution in [3.8, 4) is 0 Å². The number of amides is 1. The van der Waals surface area contributed by atoms with Crippen LogP contribution in [0.2, 0.25) is 0 Å². The van der Waals surface area contributed by atoms with Crippen molar-refractivity contribution in [1.29, 1.82) is 0 Å². The molecular formula is C16H21NO2. The zero-order valence-electron chi connectivity index (χ0n) is 11.5. The van der Waals surface area contributed by atoms with Gasteiger partial charge in [-0.15, -0.1) is 6.58 Å². The van der Waals surface area contributed by atoms with Crippen molar-refractivity contribution in [2.45, 2.75) is 32.4 Å². The third-order valence-electron chi connectivity index (χ3n) is 3.82. The van der Waals surface area contributed by atoms with Crippen molar-refractivity contribution >= 4 is 5.91 Å². The van der Waals surface area contributed by atoms with E-state index in [0.29, 0.717) is 6.42 Å². The number of carbonyl (C=O) groups is 1. The zero-order valence-corrected chi connectivity index (χ0v) is 11.5. The van der Waals surface area contributed by atoms with Gasteiger partial charge in [-0.25, -0.2) is 0 Å². The van der Waals surface area contributed by atoms with Crippen LogP contribution in [-0.4, -0.2) is 28.6 Å². The van der Waals surface area contributed by atoms with E-state index in [1.807, 2.05) is 49.1 Å². The molecule has 3 heteroatoms. The summed E-state index contributed by atoms with van der Waals surface area (Å²) in [6.45, 7) is 7.84. The number of fused-ring (bicyclic) bond motifs is 1. The molecule has 2 atom stereocenters. The molecular weight excluding hydrogens is 238 g/mol. The fourth-order valence-corrected chi connectivity index (χ4v) is 2.81. The van der Waals surface area contributed by atoms with Gasteiger partial charge in [0.15, 0.2) is 0 Å². The quantitative estimate of drug-likeness (QED) is 0.826. The van der Waals surface area contributed by atoms with Gasteiger partial charge in [-0.3, -0.25) is 4.79 Å². The highest BCUT2D eigenvalue weighted by Gasteiger charge is 2.40. The highest BCUT2D eigenvalue weighted by molar-refractivity contribution is 5.99. The molecule has 0 aliphatic carbocycles. The van der Waals surface area contributed by atoms with Crippen LogP contribution in [0.25, 0.3) is 0 Å². The van der Waals surface area contributed by atoms with E-state index in [0.717, 1.165) is 11.1 Å². The van der Waals surface area contributed by atoms with E-state index in [4.69, 9.17) is 0 Å². The summed E-state index contributed by atoms with van der Waals surface area (Å²) in [7, 11) is 0. The molecule has 1 aliphatic rings. The van der Waals surface area contributed by atoms with E-state index in [1.165, 1.54) is 0 Å². The standard InChI is InChI=1S/C16H21NO2/c1-4-7-14-12-8-5-6-9-13(12)16(19)17(14)15(10-18)11(2)3/h4-6,8-9,11,14-15,18H,1,7,10H2,2-3H3. The maximum absolute atomic E-state index is 12.6. The largest absolute Gasteiger partial charge is 0.394 e. The molecule has 0 spiro atoms. The van der Waals surface area contributed by atoms with Gasteiger partial charge in [0.25, 0.3) is 5.91 Å². The molecule has 0 fully saturated rings. The van der Waals surface area contributed by atoms with Gasteiger partial charge < -0.3 is 10.0 Å². The van der Waals surface area contributed by atoms with Crippen LogP contribution in [0.3, 0.4) is 0 Å². The number of nitrogens with zero attached hydrogens (tertiary/aromatic N) is 1. The van der Waals surface area contributed by atoms with E-state index in [-0.39, 0.29) is 30.5 Å². The predicted molar refractivity (Wildman–Crippen MR) is 75.9 cm³/mol. The lowest BCUT2D eigenvalue weighted by molar-refractivity contribution is 0.0421. The molecule has 2 rings (SSSR count). The van der Waals surface area contributed by atoms with Crippen LogP contribution >= 0.6 is 0 Å². The third kappa shape index (κ3) is 2.30. The van der Waals surface area contributed by atoms with Crippen molar-refractivity contribution in [2.24, 2.45) is 5.92 Å². The molecule has 0 saturated heterocycles. The van der Waals surface area contributed by atoms with Gasteiger partial charge in [-0.05, 0) is 24.0 Å². The number of hydrogen-bond donors (Lipinski definition) is 1. The Hall–Kier alpha value is -1.61. The molecule has 0 bridgehead atoms. The molecule has 0 radical (unpaired) electrons. The average molecular weight is 259 g/mol. The molecule has 2 unspecified atom stereocenters. The van der Waals surface area contributed by atoms with Crippen LogP contribution in [0, 0.1) is 5.92 Å². The number of rotatable bonds is 5. The molecule has 0 saturated carbocycles. The number of hydrogen-bond acceptors (Lipinski definition) is 2. The van der Waals surface area contributed by atoms with Crippen LogP contribution in [0.4, 0.5) is 0 Å². The van der Waals surface area contributed by atoms with Gasteiger partial charge in [0, 0.05) is 5.56 Å². The zero-order chi connectivity index (χ0) is 14.0. The van der Waals surface area contributed by atoms with Crippen LogP contribution in [-0.2, 0) is 0 Å². The molecule has 3 nitrogen and oxygen atoms in total. The van der Waals surface area contributed by atoms with Crippen molar-refractivity contribution < 1.29 is 9.90 Å². The first-order chi connectivity index (χ1) is 9.11. The Kier molecular flexibility index (Phi) is 4.05. The lowest BCUT2D eigenvalue weighted by Crippen LogP contribution is -2.43. The molecule has 19 heavy (non-hydrogen) atoms. The normalized spacial score (nSPS) is 19.7. The first kappa shape index (κ1) is 13.8. The summed E-state index contributed by atoms with van der Waals surface area (Å²) in [5.41, 5.74) is 1.81. The Morgan fingerprint density at radius 2 is 2.11 bits per heavy atom. The highest BCUT2D eigenvalue weighted by Crippen LogP contribution is 2.38. The van der Waals surface area contributed by atoms with Gasteiger partial charge in [0.05, 0.1) is 18.7 Å². The summed E-state index contributed by atoms with van der Waals surface area (Å²) in [6, 6.07) is 7.55. The van der Waals surface area contributed by atoms with E-state index in [9.17, 15) is 9.90 Å². The second-order valence-corrected chi connectivity index (χ2v) is 5.33. The fraction of sp³-hybridized carbons (Fsp3) is 0.438. The number of benzene rings is 1. The highest BCUT2D eigenvalue weighted by atomic mass is 16.3. The van der Waals surface area contributed by atoms with Crippen molar-refractivity contribution in [3.63, 3.8) is 0 Å². The third-order valence-corrected chi connectivity index (χ3v) is 3.82. The van der Waals surface area contributed by atoms with E-state index in [2.05, 4.69) is 6.58 Å². The molecule has 1 heterocycles. The van der Waals surface area contributed by atoms with Gasteiger partial charge in [-0.2, -0.15) is 0 Å².